The average Bonchev–Trinajstić information content (AvgIpc) is 3.37. The van der Waals surface area contributed by atoms with Gasteiger partial charge in [-0.3, -0.25) is 14.9 Å². The van der Waals surface area contributed by atoms with E-state index in [1.807, 2.05) is 0 Å². The van der Waals surface area contributed by atoms with E-state index in [-0.39, 0.29) is 17.4 Å². The smallest absolute Gasteiger partial charge is 0.425 e. The van der Waals surface area contributed by atoms with Gasteiger partial charge in [-0.05, 0) is 25.8 Å². The van der Waals surface area contributed by atoms with Crippen molar-refractivity contribution >= 4 is 11.6 Å². The number of amides is 1. The van der Waals surface area contributed by atoms with E-state index in [1.54, 1.807) is 0 Å². The van der Waals surface area contributed by atoms with E-state index in [1.165, 1.54) is 6.20 Å². The average molecular weight is 471 g/mol. The number of alkyl halides is 3. The Morgan fingerprint density at radius 3 is 2.76 bits per heavy atom. The van der Waals surface area contributed by atoms with Gasteiger partial charge in [0.1, 0.15) is 12.2 Å². The molecule has 0 unspecified atom stereocenters. The van der Waals surface area contributed by atoms with Crippen molar-refractivity contribution in [2.24, 2.45) is 0 Å². The van der Waals surface area contributed by atoms with Crippen LogP contribution in [-0.4, -0.2) is 53.2 Å². The second kappa shape index (κ2) is 8.31. The van der Waals surface area contributed by atoms with Gasteiger partial charge in [-0.2, -0.15) is 27.9 Å². The quantitative estimate of drug-likeness (QED) is 0.384. The number of nitrogens with one attached hydrogen (secondary N) is 3. The summed E-state index contributed by atoms with van der Waals surface area (Å²) in [6.45, 7) is -0.00884. The van der Waals surface area contributed by atoms with E-state index < -0.39 is 53.6 Å². The number of halogens is 4. The van der Waals surface area contributed by atoms with Crippen molar-refractivity contribution in [3.63, 3.8) is 0 Å². The minimum absolute atomic E-state index is 0.160. The Hall–Kier alpha value is -3.75. The summed E-state index contributed by atoms with van der Waals surface area (Å²) in [6, 6.07) is 0.590. The molecule has 3 heterocycles. The predicted octanol–water partition coefficient (Wildman–Crippen LogP) is 1.77. The molecule has 33 heavy (non-hydrogen) atoms. The van der Waals surface area contributed by atoms with E-state index in [9.17, 15) is 27.2 Å². The number of aromatic amines is 2. The lowest BCUT2D eigenvalue weighted by Crippen LogP contribution is -2.32. The van der Waals surface area contributed by atoms with Crippen molar-refractivity contribution < 1.29 is 32.2 Å². The van der Waals surface area contributed by atoms with Crippen molar-refractivity contribution in [3.8, 4) is 11.7 Å². The monoisotopic (exact) mass is 471 g/mol. The number of carbonyl (C=O) groups excluding carboxylic acids is 1. The summed E-state index contributed by atoms with van der Waals surface area (Å²) < 4.78 is 59.4. The molecule has 176 valence electrons. The van der Waals surface area contributed by atoms with Crippen LogP contribution in [0.4, 0.5) is 23.2 Å². The first-order valence-corrected chi connectivity index (χ1v) is 9.66. The van der Waals surface area contributed by atoms with Crippen molar-refractivity contribution in [2.45, 2.75) is 44.6 Å². The fourth-order valence-electron chi connectivity index (χ4n) is 2.95. The number of nitrogens with zero attached hydrogens (tertiary/aromatic N) is 4. The van der Waals surface area contributed by atoms with Gasteiger partial charge in [0.2, 0.25) is 5.88 Å². The van der Waals surface area contributed by atoms with Crippen molar-refractivity contribution in [2.75, 3.05) is 5.32 Å². The fourth-order valence-corrected chi connectivity index (χ4v) is 2.95. The van der Waals surface area contributed by atoms with Gasteiger partial charge in [-0.15, -0.1) is 5.10 Å². The van der Waals surface area contributed by atoms with Gasteiger partial charge in [0.15, 0.2) is 23.6 Å². The molecule has 0 saturated heterocycles. The Labute approximate surface area is 181 Å². The highest BCUT2D eigenvalue weighted by atomic mass is 19.4. The maximum absolute atomic E-state index is 14.8. The number of rotatable bonds is 7. The molecule has 0 aromatic carbocycles. The molecule has 0 radical (unpaired) electrons. The van der Waals surface area contributed by atoms with Gasteiger partial charge in [0.05, 0.1) is 17.6 Å². The van der Waals surface area contributed by atoms with Crippen LogP contribution in [0.25, 0.3) is 5.82 Å². The normalized spacial score (nSPS) is 14.8. The molecule has 1 aliphatic carbocycles. The Bertz CT molecular complexity index is 1250. The predicted molar refractivity (Wildman–Crippen MR) is 103 cm³/mol. The first-order chi connectivity index (χ1) is 15.6. The highest BCUT2D eigenvalue weighted by molar-refractivity contribution is 6.06. The maximum atomic E-state index is 14.8. The van der Waals surface area contributed by atoms with Gasteiger partial charge in [0.25, 0.3) is 5.91 Å². The van der Waals surface area contributed by atoms with Crippen LogP contribution < -0.4 is 15.7 Å². The third kappa shape index (κ3) is 4.57. The highest BCUT2D eigenvalue weighted by Crippen LogP contribution is 2.42. The number of carbonyl (C=O) groups is 1. The molecule has 0 aliphatic heterocycles. The van der Waals surface area contributed by atoms with Crippen LogP contribution in [0.5, 0.6) is 5.88 Å². The topological polar surface area (TPSA) is 151 Å². The molecular weight excluding hydrogens is 454 g/mol. The summed E-state index contributed by atoms with van der Waals surface area (Å²) in [4.78, 5) is 30.6. The van der Waals surface area contributed by atoms with Crippen LogP contribution in [0.3, 0.4) is 0 Å². The molecule has 0 spiro atoms. The van der Waals surface area contributed by atoms with E-state index in [0.717, 1.165) is 12.8 Å². The van der Waals surface area contributed by atoms with Crippen molar-refractivity contribution in [1.29, 1.82) is 0 Å². The van der Waals surface area contributed by atoms with Crippen LogP contribution in [0.2, 0.25) is 0 Å². The zero-order valence-corrected chi connectivity index (χ0v) is 16.9. The molecule has 4 rings (SSSR count). The van der Waals surface area contributed by atoms with Crippen LogP contribution in [0.1, 0.15) is 47.6 Å². The number of anilines is 1. The van der Waals surface area contributed by atoms with Gasteiger partial charge in [-0.25, -0.2) is 9.18 Å². The minimum atomic E-state index is -4.82. The minimum Gasteiger partial charge on any atom is -0.464 e. The van der Waals surface area contributed by atoms with Crippen LogP contribution in [0, 0.1) is 5.82 Å². The summed E-state index contributed by atoms with van der Waals surface area (Å²) >= 11 is 0. The zero-order chi connectivity index (χ0) is 23.9. The Kier molecular flexibility index (Phi) is 5.65. The number of hydrogen-bond donors (Lipinski definition) is 4. The molecule has 4 N–H and O–H groups in total. The summed E-state index contributed by atoms with van der Waals surface area (Å²) in [5.41, 5.74) is -0.719. The first kappa shape index (κ1) is 22.4. The SMILES string of the molecule is C[C@H](Oc1nc(-n2nc(CO)[nH]c2=O)c(F)cc1C(=O)Nc1cn[nH]c1C1CC1)C(F)(F)F. The number of aliphatic hydroxyl groups is 1. The first-order valence-electron chi connectivity index (χ1n) is 9.66. The molecule has 0 bridgehead atoms. The Balaban J connectivity index is 1.75. The number of aromatic nitrogens is 6. The summed E-state index contributed by atoms with van der Waals surface area (Å²) in [5, 5.41) is 21.8. The van der Waals surface area contributed by atoms with Crippen molar-refractivity contribution in [1.82, 2.24) is 29.9 Å². The Morgan fingerprint density at radius 2 is 2.15 bits per heavy atom. The lowest BCUT2D eigenvalue weighted by atomic mass is 10.2. The standard InChI is InChI=1S/C18H17F4N7O4/c1-7(18(20,21)22)33-16-9(15(31)24-11-5-23-27-13(11)8-2-3-8)4-10(19)14(26-16)29-17(32)25-12(6-30)28-29/h4-5,7-8,30H,2-3,6H2,1H3,(H,23,27)(H,24,31)(H,25,28,32)/t7-/m0/s1. The van der Waals surface area contributed by atoms with Gasteiger partial charge >= 0.3 is 11.9 Å². The number of ether oxygens (including phenoxy) is 1. The lowest BCUT2D eigenvalue weighted by Gasteiger charge is -2.19. The highest BCUT2D eigenvalue weighted by Gasteiger charge is 2.39. The molecule has 3 aromatic heterocycles. The number of pyridine rings is 1. The summed E-state index contributed by atoms with van der Waals surface area (Å²) in [7, 11) is 0. The molecule has 1 amide bonds. The summed E-state index contributed by atoms with van der Waals surface area (Å²) in [6.07, 6.45) is -4.15. The van der Waals surface area contributed by atoms with Crippen molar-refractivity contribution in [3.05, 3.63) is 45.6 Å². The molecule has 15 heteroatoms. The van der Waals surface area contributed by atoms with E-state index >= 15 is 0 Å². The zero-order valence-electron chi connectivity index (χ0n) is 16.9. The second-order valence-electron chi connectivity index (χ2n) is 7.32. The molecule has 11 nitrogen and oxygen atoms in total. The molecule has 3 aromatic rings. The third-order valence-corrected chi connectivity index (χ3v) is 4.83. The van der Waals surface area contributed by atoms with Gasteiger partial charge in [-0.1, -0.05) is 0 Å². The maximum Gasteiger partial charge on any atom is 0.425 e. The molecular formula is C18H17F4N7O4. The van der Waals surface area contributed by atoms with Crippen LogP contribution in [0.15, 0.2) is 17.1 Å². The largest absolute Gasteiger partial charge is 0.464 e. The Morgan fingerprint density at radius 1 is 1.42 bits per heavy atom. The van der Waals surface area contributed by atoms with E-state index in [0.29, 0.717) is 23.4 Å². The molecule has 1 atom stereocenters. The molecule has 1 fully saturated rings. The summed E-state index contributed by atoms with van der Waals surface area (Å²) in [5.74, 6) is -4.00. The number of aliphatic hydroxyl groups excluding tert-OH is 1. The van der Waals surface area contributed by atoms with Gasteiger partial charge in [0, 0.05) is 5.92 Å². The molecule has 1 aliphatic rings. The lowest BCUT2D eigenvalue weighted by molar-refractivity contribution is -0.190. The second-order valence-corrected chi connectivity index (χ2v) is 7.32. The van der Waals surface area contributed by atoms with Gasteiger partial charge < -0.3 is 15.2 Å². The third-order valence-electron chi connectivity index (χ3n) is 4.83. The van der Waals surface area contributed by atoms with E-state index in [4.69, 9.17) is 9.84 Å². The van der Waals surface area contributed by atoms with Crippen LogP contribution in [-0.2, 0) is 6.61 Å². The fraction of sp³-hybridized carbons (Fsp3) is 0.389. The number of hydrogen-bond acceptors (Lipinski definition) is 7. The van der Waals surface area contributed by atoms with Crippen LogP contribution >= 0.6 is 0 Å². The number of H-pyrrole nitrogens is 2. The molecule has 1 saturated carbocycles. The van der Waals surface area contributed by atoms with E-state index in [2.05, 4.69) is 30.6 Å².